The van der Waals surface area contributed by atoms with E-state index in [4.69, 9.17) is 5.73 Å². The van der Waals surface area contributed by atoms with Crippen molar-refractivity contribution in [2.75, 3.05) is 24.2 Å². The Morgan fingerprint density at radius 2 is 1.81 bits per heavy atom. The SMILES string of the molecule is CCC(C)CN(C)c1c(F)cc(N)cc1F. The van der Waals surface area contributed by atoms with Gasteiger partial charge in [-0.2, -0.15) is 0 Å². The first-order valence-corrected chi connectivity index (χ1v) is 5.41. The summed E-state index contributed by atoms with van der Waals surface area (Å²) in [7, 11) is 1.68. The average Bonchev–Trinajstić information content (AvgIpc) is 2.15. The number of hydrogen-bond acceptors (Lipinski definition) is 2. The Morgan fingerprint density at radius 1 is 1.31 bits per heavy atom. The molecule has 1 atom stereocenters. The number of nitrogens with zero attached hydrogens (tertiary/aromatic N) is 1. The summed E-state index contributed by atoms with van der Waals surface area (Å²) in [5.74, 6) is -0.826. The largest absolute Gasteiger partial charge is 0.399 e. The fourth-order valence-electron chi connectivity index (χ4n) is 1.64. The molecule has 0 aliphatic heterocycles. The summed E-state index contributed by atoms with van der Waals surface area (Å²) in [6, 6.07) is 2.29. The smallest absolute Gasteiger partial charge is 0.151 e. The zero-order valence-electron chi connectivity index (χ0n) is 9.93. The minimum atomic E-state index is -0.608. The zero-order valence-corrected chi connectivity index (χ0v) is 9.93. The van der Waals surface area contributed by atoms with Crippen molar-refractivity contribution in [3.63, 3.8) is 0 Å². The van der Waals surface area contributed by atoms with E-state index in [0.717, 1.165) is 18.6 Å². The predicted molar refractivity (Wildman–Crippen MR) is 63.5 cm³/mol. The van der Waals surface area contributed by atoms with E-state index < -0.39 is 11.6 Å². The zero-order chi connectivity index (χ0) is 12.3. The second-order valence-corrected chi connectivity index (χ2v) is 4.23. The molecule has 0 bridgehead atoms. The summed E-state index contributed by atoms with van der Waals surface area (Å²) >= 11 is 0. The lowest BCUT2D eigenvalue weighted by molar-refractivity contribution is 0.534. The normalized spacial score (nSPS) is 12.6. The Balaban J connectivity index is 2.95. The molecule has 0 aliphatic rings. The summed E-state index contributed by atoms with van der Waals surface area (Å²) in [6.07, 6.45) is 0.975. The van der Waals surface area contributed by atoms with E-state index in [9.17, 15) is 8.78 Å². The van der Waals surface area contributed by atoms with Crippen LogP contribution in [0.1, 0.15) is 20.3 Å². The maximum Gasteiger partial charge on any atom is 0.151 e. The van der Waals surface area contributed by atoms with E-state index in [0.29, 0.717) is 12.5 Å². The van der Waals surface area contributed by atoms with Crippen molar-refractivity contribution in [2.24, 2.45) is 5.92 Å². The van der Waals surface area contributed by atoms with Crippen LogP contribution >= 0.6 is 0 Å². The first kappa shape index (κ1) is 12.7. The highest BCUT2D eigenvalue weighted by Crippen LogP contribution is 2.25. The maximum absolute atomic E-state index is 13.6. The first-order valence-electron chi connectivity index (χ1n) is 5.41. The molecule has 0 radical (unpaired) electrons. The summed E-state index contributed by atoms with van der Waals surface area (Å²) < 4.78 is 27.1. The highest BCUT2D eigenvalue weighted by atomic mass is 19.1. The van der Waals surface area contributed by atoms with Crippen LogP contribution in [0.4, 0.5) is 20.2 Å². The van der Waals surface area contributed by atoms with Crippen LogP contribution in [0, 0.1) is 17.6 Å². The summed E-state index contributed by atoms with van der Waals surface area (Å²) in [4.78, 5) is 1.60. The van der Waals surface area contributed by atoms with E-state index in [1.165, 1.54) is 0 Å². The topological polar surface area (TPSA) is 29.3 Å². The standard InChI is InChI=1S/C12H18F2N2/c1-4-8(2)7-16(3)12-10(13)5-9(15)6-11(12)14/h5-6,8H,4,7,15H2,1-3H3. The second kappa shape index (κ2) is 5.14. The molecular formula is C12H18F2N2. The molecule has 1 aromatic rings. The van der Waals surface area contributed by atoms with E-state index >= 15 is 0 Å². The van der Waals surface area contributed by atoms with Crippen LogP contribution in [0.5, 0.6) is 0 Å². The molecule has 0 aromatic heterocycles. The quantitative estimate of drug-likeness (QED) is 0.803. The lowest BCUT2D eigenvalue weighted by Gasteiger charge is -2.23. The van der Waals surface area contributed by atoms with Crippen molar-refractivity contribution in [3.05, 3.63) is 23.8 Å². The number of nitrogens with two attached hydrogens (primary N) is 1. The van der Waals surface area contributed by atoms with Crippen LogP contribution < -0.4 is 10.6 Å². The highest BCUT2D eigenvalue weighted by Gasteiger charge is 2.15. The van der Waals surface area contributed by atoms with E-state index in [1.807, 2.05) is 13.8 Å². The Labute approximate surface area is 95.1 Å². The van der Waals surface area contributed by atoms with E-state index in [2.05, 4.69) is 0 Å². The highest BCUT2D eigenvalue weighted by molar-refractivity contribution is 5.55. The second-order valence-electron chi connectivity index (χ2n) is 4.23. The van der Waals surface area contributed by atoms with Crippen molar-refractivity contribution in [1.29, 1.82) is 0 Å². The van der Waals surface area contributed by atoms with E-state index in [1.54, 1.807) is 11.9 Å². The molecule has 16 heavy (non-hydrogen) atoms. The molecule has 2 N–H and O–H groups in total. The number of nitrogen functional groups attached to an aromatic ring is 1. The molecule has 0 aliphatic carbocycles. The maximum atomic E-state index is 13.6. The van der Waals surface area contributed by atoms with Gasteiger partial charge in [0, 0.05) is 19.3 Å². The molecule has 4 heteroatoms. The molecule has 1 rings (SSSR count). The van der Waals surface area contributed by atoms with Gasteiger partial charge in [-0.05, 0) is 18.1 Å². The van der Waals surface area contributed by atoms with Gasteiger partial charge in [-0.3, -0.25) is 0 Å². The molecule has 0 saturated carbocycles. The number of benzene rings is 1. The molecule has 2 nitrogen and oxygen atoms in total. The number of hydrogen-bond donors (Lipinski definition) is 1. The van der Waals surface area contributed by atoms with Gasteiger partial charge in [-0.25, -0.2) is 8.78 Å². The lowest BCUT2D eigenvalue weighted by Crippen LogP contribution is -2.25. The van der Waals surface area contributed by atoms with Crippen molar-refractivity contribution < 1.29 is 8.78 Å². The summed E-state index contributed by atoms with van der Waals surface area (Å²) in [6.45, 7) is 4.71. The number of anilines is 2. The molecule has 0 fully saturated rings. The Hall–Kier alpha value is -1.32. The fraction of sp³-hybridized carbons (Fsp3) is 0.500. The predicted octanol–water partition coefficient (Wildman–Crippen LogP) is 3.03. The van der Waals surface area contributed by atoms with Crippen LogP contribution in [0.3, 0.4) is 0 Å². The van der Waals surface area contributed by atoms with Crippen LogP contribution in [-0.2, 0) is 0 Å². The minimum Gasteiger partial charge on any atom is -0.399 e. The van der Waals surface area contributed by atoms with Crippen molar-refractivity contribution in [3.8, 4) is 0 Å². The van der Waals surface area contributed by atoms with Gasteiger partial charge in [0.1, 0.15) is 5.69 Å². The molecule has 0 saturated heterocycles. The van der Waals surface area contributed by atoms with Gasteiger partial charge in [0.05, 0.1) is 0 Å². The number of rotatable bonds is 4. The Morgan fingerprint density at radius 3 is 2.25 bits per heavy atom. The van der Waals surface area contributed by atoms with Crippen LogP contribution in [-0.4, -0.2) is 13.6 Å². The van der Waals surface area contributed by atoms with E-state index in [-0.39, 0.29) is 11.4 Å². The van der Waals surface area contributed by atoms with Crippen LogP contribution in [0.15, 0.2) is 12.1 Å². The van der Waals surface area contributed by atoms with Crippen molar-refractivity contribution >= 4 is 11.4 Å². The molecule has 1 aromatic carbocycles. The molecule has 1 unspecified atom stereocenters. The van der Waals surface area contributed by atoms with Gasteiger partial charge in [-0.15, -0.1) is 0 Å². The minimum absolute atomic E-state index is 0.00509. The van der Waals surface area contributed by atoms with Gasteiger partial charge in [0.2, 0.25) is 0 Å². The monoisotopic (exact) mass is 228 g/mol. The summed E-state index contributed by atoms with van der Waals surface area (Å²) in [5, 5.41) is 0. The Bertz CT molecular complexity index is 343. The third kappa shape index (κ3) is 2.84. The van der Waals surface area contributed by atoms with Gasteiger partial charge in [-0.1, -0.05) is 20.3 Å². The lowest BCUT2D eigenvalue weighted by atomic mass is 10.1. The third-order valence-electron chi connectivity index (χ3n) is 2.70. The van der Waals surface area contributed by atoms with Crippen molar-refractivity contribution in [2.45, 2.75) is 20.3 Å². The van der Waals surface area contributed by atoms with Gasteiger partial charge in [0.25, 0.3) is 0 Å². The first-order chi connectivity index (χ1) is 7.45. The van der Waals surface area contributed by atoms with Gasteiger partial charge < -0.3 is 10.6 Å². The molecular weight excluding hydrogens is 210 g/mol. The average molecular weight is 228 g/mol. The third-order valence-corrected chi connectivity index (χ3v) is 2.70. The van der Waals surface area contributed by atoms with Crippen molar-refractivity contribution in [1.82, 2.24) is 0 Å². The fourth-order valence-corrected chi connectivity index (χ4v) is 1.64. The molecule has 0 heterocycles. The van der Waals surface area contributed by atoms with Gasteiger partial charge >= 0.3 is 0 Å². The molecule has 0 amide bonds. The van der Waals surface area contributed by atoms with Gasteiger partial charge in [0.15, 0.2) is 11.6 Å². The number of halogens is 2. The summed E-state index contributed by atoms with van der Waals surface area (Å²) in [5.41, 5.74) is 5.46. The molecule has 90 valence electrons. The van der Waals surface area contributed by atoms with Crippen LogP contribution in [0.2, 0.25) is 0 Å². The molecule has 0 spiro atoms. The van der Waals surface area contributed by atoms with Crippen LogP contribution in [0.25, 0.3) is 0 Å². The Kier molecular flexibility index (Phi) is 4.10.